The van der Waals surface area contributed by atoms with E-state index in [9.17, 15) is 23.1 Å². The summed E-state index contributed by atoms with van der Waals surface area (Å²) >= 11 is 13.3. The van der Waals surface area contributed by atoms with E-state index < -0.39 is 17.7 Å². The molecule has 0 radical (unpaired) electrons. The summed E-state index contributed by atoms with van der Waals surface area (Å²) in [6, 6.07) is 7.90. The third kappa shape index (κ3) is 5.18. The number of likely N-dealkylation sites (tertiary alicyclic amines) is 1. The molecule has 2 atom stereocenters. The summed E-state index contributed by atoms with van der Waals surface area (Å²) in [6.07, 6.45) is -3.46. The van der Waals surface area contributed by atoms with Crippen molar-refractivity contribution in [1.82, 2.24) is 9.47 Å². The number of carbonyl (C=O) groups is 1. The monoisotopic (exact) mass is 526 g/mol. The molecule has 4 nitrogen and oxygen atoms in total. The number of aromatic nitrogens is 1. The molecule has 0 bridgehead atoms. The number of fused-ring (bicyclic) bond motifs is 1. The molecule has 35 heavy (non-hydrogen) atoms. The van der Waals surface area contributed by atoms with Crippen LogP contribution in [0.25, 0.3) is 10.9 Å². The van der Waals surface area contributed by atoms with Gasteiger partial charge in [-0.2, -0.15) is 13.2 Å². The predicted molar refractivity (Wildman–Crippen MR) is 132 cm³/mol. The second-order valence-electron chi connectivity index (χ2n) is 9.54. The number of alkyl halides is 3. The molecule has 9 heteroatoms. The van der Waals surface area contributed by atoms with Crippen molar-refractivity contribution in [1.29, 1.82) is 0 Å². The zero-order chi connectivity index (χ0) is 25.7. The number of hydrogen-bond acceptors (Lipinski definition) is 2. The Balaban J connectivity index is 1.62. The van der Waals surface area contributed by atoms with Crippen molar-refractivity contribution < 1.29 is 23.1 Å². The number of carboxylic acids is 1. The molecule has 2 heterocycles. The fourth-order valence-electron chi connectivity index (χ4n) is 5.09. The Kier molecular flexibility index (Phi) is 7.15. The molecule has 1 aromatic heterocycles. The van der Waals surface area contributed by atoms with Gasteiger partial charge in [0, 0.05) is 48.2 Å². The number of carboxylic acid groups (broad SMARTS) is 1. The zero-order valence-electron chi connectivity index (χ0n) is 19.7. The molecule has 1 aliphatic heterocycles. The van der Waals surface area contributed by atoms with E-state index in [2.05, 4.69) is 4.90 Å². The largest absolute Gasteiger partial charge is 0.481 e. The maximum atomic E-state index is 13.3. The van der Waals surface area contributed by atoms with Gasteiger partial charge in [-0.3, -0.25) is 9.69 Å². The maximum absolute atomic E-state index is 13.3. The van der Waals surface area contributed by atoms with Crippen LogP contribution in [0.1, 0.15) is 41.3 Å². The summed E-state index contributed by atoms with van der Waals surface area (Å²) in [6.45, 7) is 5.53. The molecule has 188 valence electrons. The SMILES string of the molecule is Cc1cc(C(F)(F)F)cc2c1cc(Cc1c(Cl)ccc(CN3CCC(C(=O)O)C(C)C3)c1Cl)n2C. The number of rotatable bonds is 5. The van der Waals surface area contributed by atoms with Crippen LogP contribution < -0.4 is 0 Å². The molecule has 4 rings (SSSR count). The lowest BCUT2D eigenvalue weighted by Crippen LogP contribution is -2.41. The number of piperidine rings is 1. The van der Waals surface area contributed by atoms with Crippen LogP contribution in [0.4, 0.5) is 13.2 Å². The minimum absolute atomic E-state index is 0.0347. The molecule has 2 aromatic carbocycles. The van der Waals surface area contributed by atoms with Crippen molar-refractivity contribution in [2.45, 2.75) is 39.4 Å². The Bertz CT molecular complexity index is 1290. The van der Waals surface area contributed by atoms with Crippen molar-refractivity contribution in [3.63, 3.8) is 0 Å². The number of aliphatic carboxylic acids is 1. The summed E-state index contributed by atoms with van der Waals surface area (Å²) in [7, 11) is 1.75. The molecule has 0 amide bonds. The van der Waals surface area contributed by atoms with Gasteiger partial charge in [0.2, 0.25) is 0 Å². The van der Waals surface area contributed by atoms with Gasteiger partial charge < -0.3 is 9.67 Å². The fraction of sp³-hybridized carbons (Fsp3) is 0.423. The average Bonchev–Trinajstić information content (AvgIpc) is 3.08. The van der Waals surface area contributed by atoms with Crippen LogP contribution in [-0.2, 0) is 31.0 Å². The number of aryl methyl sites for hydroxylation is 2. The van der Waals surface area contributed by atoms with Crippen molar-refractivity contribution >= 4 is 40.1 Å². The van der Waals surface area contributed by atoms with E-state index in [0.717, 1.165) is 22.2 Å². The summed E-state index contributed by atoms with van der Waals surface area (Å²) in [4.78, 5) is 13.6. The topological polar surface area (TPSA) is 45.5 Å². The third-order valence-electron chi connectivity index (χ3n) is 7.12. The van der Waals surface area contributed by atoms with Crippen molar-refractivity contribution in [3.05, 3.63) is 68.3 Å². The molecular weight excluding hydrogens is 500 g/mol. The molecule has 0 spiro atoms. The molecular formula is C26H27Cl2F3N2O2. The molecule has 2 unspecified atom stereocenters. The minimum Gasteiger partial charge on any atom is -0.481 e. The highest BCUT2D eigenvalue weighted by Gasteiger charge is 2.32. The van der Waals surface area contributed by atoms with E-state index in [4.69, 9.17) is 23.2 Å². The van der Waals surface area contributed by atoms with Gasteiger partial charge in [-0.25, -0.2) is 0 Å². The second-order valence-corrected chi connectivity index (χ2v) is 10.3. The summed E-state index contributed by atoms with van der Waals surface area (Å²) in [5.41, 5.74) is 2.81. The molecule has 0 aliphatic carbocycles. The minimum atomic E-state index is -4.42. The highest BCUT2D eigenvalue weighted by atomic mass is 35.5. The van der Waals surface area contributed by atoms with Crippen LogP contribution >= 0.6 is 23.2 Å². The second kappa shape index (κ2) is 9.68. The maximum Gasteiger partial charge on any atom is 0.416 e. The van der Waals surface area contributed by atoms with E-state index in [1.165, 1.54) is 12.1 Å². The van der Waals surface area contributed by atoms with Gasteiger partial charge in [0.25, 0.3) is 0 Å². The standard InChI is InChI=1S/C26H27Cl2F3N2O2/c1-14-8-17(26(29,30)31)9-23-20(14)10-18(32(23)3)11-21-22(27)5-4-16(24(21)28)13-33-7-6-19(25(34)35)15(2)12-33/h4-5,8-10,15,19H,6-7,11-13H2,1-3H3,(H,34,35). The third-order valence-corrected chi connectivity index (χ3v) is 7.94. The number of nitrogens with zero attached hydrogens (tertiary/aromatic N) is 2. The molecule has 1 N–H and O–H groups in total. The van der Waals surface area contributed by atoms with E-state index in [1.807, 2.05) is 19.1 Å². The number of benzene rings is 2. The first-order chi connectivity index (χ1) is 16.4. The van der Waals surface area contributed by atoms with Crippen LogP contribution in [0.2, 0.25) is 10.0 Å². The predicted octanol–water partition coefficient (Wildman–Crippen LogP) is 6.95. The Morgan fingerprint density at radius 1 is 1.20 bits per heavy atom. The van der Waals surface area contributed by atoms with Crippen molar-refractivity contribution in [3.8, 4) is 0 Å². The zero-order valence-corrected chi connectivity index (χ0v) is 21.2. The first-order valence-corrected chi connectivity index (χ1v) is 12.2. The highest BCUT2D eigenvalue weighted by molar-refractivity contribution is 6.36. The number of hydrogen-bond donors (Lipinski definition) is 1. The fourth-order valence-corrected chi connectivity index (χ4v) is 5.66. The van der Waals surface area contributed by atoms with Crippen LogP contribution in [0.3, 0.4) is 0 Å². The van der Waals surface area contributed by atoms with Gasteiger partial charge in [-0.15, -0.1) is 0 Å². The summed E-state index contributed by atoms with van der Waals surface area (Å²) < 4.78 is 41.8. The summed E-state index contributed by atoms with van der Waals surface area (Å²) in [5, 5.41) is 11.2. The first-order valence-electron chi connectivity index (χ1n) is 11.4. The van der Waals surface area contributed by atoms with E-state index in [0.29, 0.717) is 53.6 Å². The van der Waals surface area contributed by atoms with Gasteiger partial charge in [0.1, 0.15) is 0 Å². The Morgan fingerprint density at radius 3 is 2.54 bits per heavy atom. The smallest absolute Gasteiger partial charge is 0.416 e. The van der Waals surface area contributed by atoms with E-state index in [-0.39, 0.29) is 11.8 Å². The van der Waals surface area contributed by atoms with Gasteiger partial charge >= 0.3 is 12.1 Å². The van der Waals surface area contributed by atoms with E-state index >= 15 is 0 Å². The van der Waals surface area contributed by atoms with Crippen LogP contribution in [0.15, 0.2) is 30.3 Å². The Hall–Kier alpha value is -2.22. The molecule has 1 aliphatic rings. The Morgan fingerprint density at radius 2 is 1.91 bits per heavy atom. The van der Waals surface area contributed by atoms with Crippen LogP contribution in [0, 0.1) is 18.8 Å². The van der Waals surface area contributed by atoms with Gasteiger partial charge in [-0.1, -0.05) is 36.2 Å². The normalized spacial score (nSPS) is 19.4. The lowest BCUT2D eigenvalue weighted by atomic mass is 9.87. The van der Waals surface area contributed by atoms with Crippen molar-refractivity contribution in [2.24, 2.45) is 18.9 Å². The van der Waals surface area contributed by atoms with E-state index in [1.54, 1.807) is 24.6 Å². The van der Waals surface area contributed by atoms with Gasteiger partial charge in [-0.05, 0) is 66.8 Å². The lowest BCUT2D eigenvalue weighted by molar-refractivity contribution is -0.145. The van der Waals surface area contributed by atoms with Gasteiger partial charge in [0.15, 0.2) is 0 Å². The molecule has 1 fully saturated rings. The van der Waals surface area contributed by atoms with Gasteiger partial charge in [0.05, 0.1) is 16.5 Å². The number of halogens is 5. The molecule has 0 saturated carbocycles. The molecule has 1 saturated heterocycles. The Labute approximate surface area is 212 Å². The van der Waals surface area contributed by atoms with Crippen LogP contribution in [-0.4, -0.2) is 33.6 Å². The van der Waals surface area contributed by atoms with Crippen molar-refractivity contribution in [2.75, 3.05) is 13.1 Å². The highest BCUT2D eigenvalue weighted by Crippen LogP contribution is 2.36. The van der Waals surface area contributed by atoms with Crippen LogP contribution in [0.5, 0.6) is 0 Å². The quantitative estimate of drug-likeness (QED) is 0.391. The molecule has 3 aromatic rings. The lowest BCUT2D eigenvalue weighted by Gasteiger charge is -2.35. The first kappa shape index (κ1) is 25.9. The summed E-state index contributed by atoms with van der Waals surface area (Å²) in [5.74, 6) is -1.06. The average molecular weight is 527 g/mol.